The van der Waals surface area contributed by atoms with Gasteiger partial charge in [0.2, 0.25) is 10.0 Å². The standard InChI is InChI=1S/C13H18Cl2N2O3S/c1-2-17(7-9-3-4-20-8-9)21(18,19)13-11(14)5-10(16)6-12(13)15/h5-6,9H,2-4,7-8,16H2,1H3. The summed E-state index contributed by atoms with van der Waals surface area (Å²) in [5.74, 6) is 0.200. The Morgan fingerprint density at radius 3 is 2.48 bits per heavy atom. The maximum atomic E-state index is 12.8. The number of nitrogen functional groups attached to an aromatic ring is 1. The van der Waals surface area contributed by atoms with Crippen molar-refractivity contribution in [3.63, 3.8) is 0 Å². The fourth-order valence-electron chi connectivity index (χ4n) is 2.37. The van der Waals surface area contributed by atoms with Gasteiger partial charge in [0.25, 0.3) is 0 Å². The van der Waals surface area contributed by atoms with Crippen LogP contribution in [0.1, 0.15) is 13.3 Å². The van der Waals surface area contributed by atoms with Gasteiger partial charge in [0.15, 0.2) is 0 Å². The Morgan fingerprint density at radius 1 is 1.38 bits per heavy atom. The smallest absolute Gasteiger partial charge is 0.246 e. The predicted octanol–water partition coefficient (Wildman–Crippen LogP) is 2.62. The Bertz CT molecular complexity index is 593. The first-order valence-corrected chi connectivity index (χ1v) is 8.88. The lowest BCUT2D eigenvalue weighted by Gasteiger charge is -2.24. The number of ether oxygens (including phenoxy) is 1. The van der Waals surface area contributed by atoms with Crippen molar-refractivity contribution in [2.75, 3.05) is 32.0 Å². The molecule has 8 heteroatoms. The van der Waals surface area contributed by atoms with Gasteiger partial charge in [-0.25, -0.2) is 8.42 Å². The van der Waals surface area contributed by atoms with Gasteiger partial charge in [-0.05, 0) is 24.5 Å². The highest BCUT2D eigenvalue weighted by atomic mass is 35.5. The number of halogens is 2. The molecule has 2 rings (SSSR count). The summed E-state index contributed by atoms with van der Waals surface area (Å²) in [6.07, 6.45) is 0.856. The third-order valence-electron chi connectivity index (χ3n) is 3.46. The molecule has 21 heavy (non-hydrogen) atoms. The van der Waals surface area contributed by atoms with E-state index in [1.807, 2.05) is 0 Å². The van der Waals surface area contributed by atoms with Crippen molar-refractivity contribution in [2.24, 2.45) is 5.92 Å². The number of hydrogen-bond acceptors (Lipinski definition) is 4. The van der Waals surface area contributed by atoms with Crippen LogP contribution in [0.15, 0.2) is 17.0 Å². The summed E-state index contributed by atoms with van der Waals surface area (Å²) < 4.78 is 32.2. The second-order valence-corrected chi connectivity index (χ2v) is 7.69. The molecule has 1 aliphatic heterocycles. The molecule has 1 saturated heterocycles. The monoisotopic (exact) mass is 352 g/mol. The molecule has 1 heterocycles. The summed E-state index contributed by atoms with van der Waals surface area (Å²) >= 11 is 12.1. The molecule has 0 aromatic heterocycles. The molecule has 5 nitrogen and oxygen atoms in total. The van der Waals surface area contributed by atoms with Crippen molar-refractivity contribution in [2.45, 2.75) is 18.2 Å². The van der Waals surface area contributed by atoms with E-state index >= 15 is 0 Å². The van der Waals surface area contributed by atoms with Gasteiger partial charge >= 0.3 is 0 Å². The molecule has 1 fully saturated rings. The van der Waals surface area contributed by atoms with Gasteiger partial charge in [0.1, 0.15) is 4.90 Å². The quantitative estimate of drug-likeness (QED) is 0.826. The largest absolute Gasteiger partial charge is 0.399 e. The van der Waals surface area contributed by atoms with Gasteiger partial charge in [0, 0.05) is 25.4 Å². The maximum Gasteiger partial charge on any atom is 0.246 e. The van der Waals surface area contributed by atoms with Crippen molar-refractivity contribution >= 4 is 38.9 Å². The van der Waals surface area contributed by atoms with E-state index in [9.17, 15) is 8.42 Å². The van der Waals surface area contributed by atoms with Crippen molar-refractivity contribution in [1.29, 1.82) is 0 Å². The molecule has 0 saturated carbocycles. The maximum absolute atomic E-state index is 12.8. The zero-order chi connectivity index (χ0) is 15.6. The molecule has 2 N–H and O–H groups in total. The third-order valence-corrected chi connectivity index (χ3v) is 6.32. The van der Waals surface area contributed by atoms with Crippen LogP contribution in [0.4, 0.5) is 5.69 Å². The molecule has 0 bridgehead atoms. The first kappa shape index (κ1) is 16.8. The van der Waals surface area contributed by atoms with Crippen molar-refractivity contribution in [1.82, 2.24) is 4.31 Å². The number of nitrogens with two attached hydrogens (primary N) is 1. The normalized spacial score (nSPS) is 19.3. The number of nitrogens with zero attached hydrogens (tertiary/aromatic N) is 1. The lowest BCUT2D eigenvalue weighted by atomic mass is 10.1. The van der Waals surface area contributed by atoms with E-state index in [0.717, 1.165) is 6.42 Å². The van der Waals surface area contributed by atoms with Crippen LogP contribution in [0, 0.1) is 5.92 Å². The number of sulfonamides is 1. The lowest BCUT2D eigenvalue weighted by molar-refractivity contribution is 0.181. The van der Waals surface area contributed by atoms with Gasteiger partial charge in [-0.15, -0.1) is 0 Å². The van der Waals surface area contributed by atoms with Gasteiger partial charge in [0.05, 0.1) is 16.7 Å². The fourth-order valence-corrected chi connectivity index (χ4v) is 5.07. The Hall–Kier alpha value is -0.530. The van der Waals surface area contributed by atoms with E-state index in [0.29, 0.717) is 32.0 Å². The second-order valence-electron chi connectivity index (χ2n) is 5.00. The molecular weight excluding hydrogens is 335 g/mol. The van der Waals surface area contributed by atoms with Crippen LogP contribution in [0.3, 0.4) is 0 Å². The number of anilines is 1. The van der Waals surface area contributed by atoms with Gasteiger partial charge < -0.3 is 10.5 Å². The van der Waals surface area contributed by atoms with Crippen LogP contribution in [-0.2, 0) is 14.8 Å². The second kappa shape index (κ2) is 6.71. The number of benzene rings is 1. The molecule has 1 aromatic rings. The summed E-state index contributed by atoms with van der Waals surface area (Å²) in [5.41, 5.74) is 5.95. The molecule has 1 atom stereocenters. The van der Waals surface area contributed by atoms with Crippen molar-refractivity contribution < 1.29 is 13.2 Å². The van der Waals surface area contributed by atoms with Crippen LogP contribution in [0.25, 0.3) is 0 Å². The van der Waals surface area contributed by atoms with Crippen LogP contribution < -0.4 is 5.73 Å². The van der Waals surface area contributed by atoms with E-state index in [2.05, 4.69) is 0 Å². The first-order chi connectivity index (χ1) is 9.86. The van der Waals surface area contributed by atoms with E-state index in [1.165, 1.54) is 16.4 Å². The first-order valence-electron chi connectivity index (χ1n) is 6.68. The Balaban J connectivity index is 2.35. The molecule has 1 unspecified atom stereocenters. The molecule has 0 radical (unpaired) electrons. The van der Waals surface area contributed by atoms with E-state index < -0.39 is 10.0 Å². The fraction of sp³-hybridized carbons (Fsp3) is 0.538. The average molecular weight is 353 g/mol. The van der Waals surface area contributed by atoms with Crippen LogP contribution in [-0.4, -0.2) is 39.0 Å². The predicted molar refractivity (Wildman–Crippen MR) is 84.2 cm³/mol. The SMILES string of the molecule is CCN(CC1CCOC1)S(=O)(=O)c1c(Cl)cc(N)cc1Cl. The van der Waals surface area contributed by atoms with Crippen molar-refractivity contribution in [3.8, 4) is 0 Å². The number of rotatable bonds is 5. The minimum Gasteiger partial charge on any atom is -0.399 e. The van der Waals surface area contributed by atoms with Crippen molar-refractivity contribution in [3.05, 3.63) is 22.2 Å². The Labute approximate surface area is 135 Å². The third kappa shape index (κ3) is 3.63. The topological polar surface area (TPSA) is 72.6 Å². The minimum atomic E-state index is -3.76. The van der Waals surface area contributed by atoms with Gasteiger partial charge in [-0.3, -0.25) is 0 Å². The Morgan fingerprint density at radius 2 is 2.00 bits per heavy atom. The number of hydrogen-bond donors (Lipinski definition) is 1. The highest BCUT2D eigenvalue weighted by Gasteiger charge is 2.31. The van der Waals surface area contributed by atoms with Gasteiger partial charge in [-0.1, -0.05) is 30.1 Å². The summed E-state index contributed by atoms with van der Waals surface area (Å²) in [5, 5.41) is 0.0854. The molecule has 118 valence electrons. The summed E-state index contributed by atoms with van der Waals surface area (Å²) in [7, 11) is -3.76. The van der Waals surface area contributed by atoms with Crippen LogP contribution in [0.2, 0.25) is 10.0 Å². The van der Waals surface area contributed by atoms with E-state index in [4.69, 9.17) is 33.7 Å². The summed E-state index contributed by atoms with van der Waals surface area (Å²) in [6, 6.07) is 2.79. The van der Waals surface area contributed by atoms with Crippen LogP contribution in [0.5, 0.6) is 0 Å². The van der Waals surface area contributed by atoms with Crippen LogP contribution >= 0.6 is 23.2 Å². The Kier molecular flexibility index (Phi) is 5.38. The highest BCUT2D eigenvalue weighted by Crippen LogP contribution is 2.34. The highest BCUT2D eigenvalue weighted by molar-refractivity contribution is 7.89. The molecule has 1 aromatic carbocycles. The lowest BCUT2D eigenvalue weighted by Crippen LogP contribution is -2.35. The van der Waals surface area contributed by atoms with E-state index in [1.54, 1.807) is 6.92 Å². The zero-order valence-electron chi connectivity index (χ0n) is 11.7. The molecule has 0 amide bonds. The molecule has 1 aliphatic rings. The molecule has 0 spiro atoms. The molecule has 0 aliphatic carbocycles. The average Bonchev–Trinajstić information content (AvgIpc) is 2.86. The van der Waals surface area contributed by atoms with E-state index in [-0.39, 0.29) is 20.9 Å². The molecular formula is C13H18Cl2N2O3S. The summed E-state index contributed by atoms with van der Waals surface area (Å²) in [6.45, 7) is 3.78. The minimum absolute atomic E-state index is 0.0427. The zero-order valence-corrected chi connectivity index (χ0v) is 14.0. The van der Waals surface area contributed by atoms with Gasteiger partial charge in [-0.2, -0.15) is 4.31 Å². The summed E-state index contributed by atoms with van der Waals surface area (Å²) in [4.78, 5) is -0.0826.